The fourth-order valence-electron chi connectivity index (χ4n) is 5.47. The van der Waals surface area contributed by atoms with Crippen LogP contribution in [0, 0.1) is 11.8 Å². The number of hydrogen-bond acceptors (Lipinski definition) is 6. The molecule has 4 rings (SSSR count). The molecule has 3 aliphatic rings. The minimum Gasteiger partial charge on any atom is -0.491 e. The van der Waals surface area contributed by atoms with Crippen molar-refractivity contribution in [3.05, 3.63) is 29.8 Å². The summed E-state index contributed by atoms with van der Waals surface area (Å²) in [6, 6.07) is 4.91. The molecule has 232 valence electrons. The van der Waals surface area contributed by atoms with Crippen LogP contribution in [0.5, 0.6) is 5.75 Å². The summed E-state index contributed by atoms with van der Waals surface area (Å²) in [7, 11) is -4.42. The Hall–Kier alpha value is -1.41. The molecule has 1 aromatic rings. The van der Waals surface area contributed by atoms with Gasteiger partial charge in [0.05, 0.1) is 24.2 Å². The molecular weight excluding hydrogens is 569 g/mol. The smallest absolute Gasteiger partial charge is 0.416 e. The van der Waals surface area contributed by atoms with E-state index >= 15 is 0 Å². The standard InChI is InChI=1S/C30H47F3O6Si2/c1-28(2,3)40(7,8)38-22-16-21-20(15-24(34)36-21)25(22)27-26(37-27)23(39-41(9,10)29(4,5)6)17-35-19-13-11-12-18(14-19)30(31,32)33/h11-14,20-23,25-27H,15-17H2,1-10H3/t20?,21-,22-,23?,25+,26?,27+/m0/s1. The van der Waals surface area contributed by atoms with Crippen molar-refractivity contribution in [1.29, 1.82) is 0 Å². The van der Waals surface area contributed by atoms with Crippen molar-refractivity contribution >= 4 is 22.6 Å². The van der Waals surface area contributed by atoms with E-state index < -0.39 is 34.5 Å². The molecule has 0 radical (unpaired) electrons. The second-order valence-electron chi connectivity index (χ2n) is 14.9. The summed E-state index contributed by atoms with van der Waals surface area (Å²) >= 11 is 0. The topological polar surface area (TPSA) is 66.5 Å². The molecule has 1 aliphatic carbocycles. The summed E-state index contributed by atoms with van der Waals surface area (Å²) in [4.78, 5) is 12.3. The molecule has 0 N–H and O–H groups in total. The normalized spacial score (nSPS) is 29.7. The highest BCUT2D eigenvalue weighted by Crippen LogP contribution is 2.53. The molecule has 0 amide bonds. The van der Waals surface area contributed by atoms with Crippen LogP contribution in [0.4, 0.5) is 13.2 Å². The van der Waals surface area contributed by atoms with Crippen molar-refractivity contribution < 1.29 is 41.0 Å². The Kier molecular flexibility index (Phi) is 8.68. The molecule has 41 heavy (non-hydrogen) atoms. The van der Waals surface area contributed by atoms with Gasteiger partial charge >= 0.3 is 12.1 Å². The van der Waals surface area contributed by atoms with Crippen molar-refractivity contribution in [2.45, 2.75) is 127 Å². The van der Waals surface area contributed by atoms with Crippen LogP contribution < -0.4 is 4.74 Å². The third-order valence-corrected chi connectivity index (χ3v) is 18.9. The number of halogens is 3. The van der Waals surface area contributed by atoms with E-state index in [1.54, 1.807) is 0 Å². The Morgan fingerprint density at radius 1 is 1.00 bits per heavy atom. The number of epoxide rings is 1. The number of hydrogen-bond donors (Lipinski definition) is 0. The fourth-order valence-corrected chi connectivity index (χ4v) is 8.15. The van der Waals surface area contributed by atoms with Gasteiger partial charge in [-0.2, -0.15) is 13.2 Å². The van der Waals surface area contributed by atoms with E-state index in [1.807, 2.05) is 0 Å². The number of carbonyl (C=O) groups excluding carboxylic acids is 1. The van der Waals surface area contributed by atoms with E-state index in [2.05, 4.69) is 67.7 Å². The average molecular weight is 617 g/mol. The quantitative estimate of drug-likeness (QED) is 0.162. The van der Waals surface area contributed by atoms with E-state index in [9.17, 15) is 18.0 Å². The molecule has 6 nitrogen and oxygen atoms in total. The molecule has 11 heteroatoms. The average Bonchev–Trinajstić information content (AvgIpc) is 3.40. The number of carbonyl (C=O) groups is 1. The molecule has 2 aliphatic heterocycles. The molecule has 3 fully saturated rings. The molecule has 1 aromatic carbocycles. The van der Waals surface area contributed by atoms with E-state index in [0.717, 1.165) is 12.1 Å². The SMILES string of the molecule is CC(C)(C)[Si](C)(C)OC(COc1cccc(C(F)(F)F)c1)C1O[C@@H]1[C@@H]1C2CC(=O)O[C@H]2C[C@@H]1O[Si](C)(C)C(C)(C)C. The Bertz CT molecular complexity index is 1110. The molecule has 1 saturated carbocycles. The van der Waals surface area contributed by atoms with Gasteiger partial charge in [0.15, 0.2) is 16.6 Å². The fraction of sp³-hybridized carbons (Fsp3) is 0.767. The molecule has 7 atom stereocenters. The zero-order chi connectivity index (χ0) is 30.8. The second-order valence-corrected chi connectivity index (χ2v) is 24.5. The number of ether oxygens (including phenoxy) is 3. The molecule has 2 saturated heterocycles. The summed E-state index contributed by atoms with van der Waals surface area (Å²) in [5, 5.41) is -0.0769. The Morgan fingerprint density at radius 2 is 1.63 bits per heavy atom. The van der Waals surface area contributed by atoms with E-state index in [4.69, 9.17) is 23.1 Å². The number of benzene rings is 1. The predicted molar refractivity (Wildman–Crippen MR) is 156 cm³/mol. The lowest BCUT2D eigenvalue weighted by atomic mass is 9.87. The van der Waals surface area contributed by atoms with Crippen LogP contribution in [0.3, 0.4) is 0 Å². The number of rotatable bonds is 9. The van der Waals surface area contributed by atoms with Gasteiger partial charge in [-0.1, -0.05) is 47.6 Å². The maximum Gasteiger partial charge on any atom is 0.416 e. The molecule has 3 unspecified atom stereocenters. The first kappa shape index (κ1) is 32.5. The first-order valence-electron chi connectivity index (χ1n) is 14.6. The molecule has 0 aromatic heterocycles. The Balaban J connectivity index is 1.57. The molecular formula is C30H47F3O6Si2. The van der Waals surface area contributed by atoms with Gasteiger partial charge < -0.3 is 23.1 Å². The van der Waals surface area contributed by atoms with Crippen LogP contribution in [0.15, 0.2) is 24.3 Å². The maximum atomic E-state index is 13.3. The highest BCUT2D eigenvalue weighted by atomic mass is 28.4. The van der Waals surface area contributed by atoms with Crippen molar-refractivity contribution in [1.82, 2.24) is 0 Å². The maximum absolute atomic E-state index is 13.3. The Labute approximate surface area is 244 Å². The monoisotopic (exact) mass is 616 g/mol. The van der Waals surface area contributed by atoms with E-state index in [1.165, 1.54) is 12.1 Å². The molecule has 2 heterocycles. The van der Waals surface area contributed by atoms with Gasteiger partial charge in [-0.3, -0.25) is 4.79 Å². The van der Waals surface area contributed by atoms with Gasteiger partial charge in [0.1, 0.15) is 30.7 Å². The summed E-state index contributed by atoms with van der Waals surface area (Å²) in [6.07, 6.45) is -4.78. The van der Waals surface area contributed by atoms with Gasteiger partial charge in [-0.05, 0) is 54.5 Å². The second kappa shape index (κ2) is 10.9. The predicted octanol–water partition coefficient (Wildman–Crippen LogP) is 7.58. The Morgan fingerprint density at radius 3 is 2.22 bits per heavy atom. The van der Waals surface area contributed by atoms with Crippen molar-refractivity contribution in [2.24, 2.45) is 11.8 Å². The third kappa shape index (κ3) is 7.05. The van der Waals surface area contributed by atoms with E-state index in [0.29, 0.717) is 12.8 Å². The van der Waals surface area contributed by atoms with Crippen LogP contribution in [-0.4, -0.2) is 59.7 Å². The van der Waals surface area contributed by atoms with Crippen molar-refractivity contribution in [2.75, 3.05) is 6.61 Å². The lowest BCUT2D eigenvalue weighted by molar-refractivity contribution is -0.142. The largest absolute Gasteiger partial charge is 0.491 e. The van der Waals surface area contributed by atoms with Crippen LogP contribution in [0.1, 0.15) is 59.9 Å². The first-order chi connectivity index (χ1) is 18.6. The van der Waals surface area contributed by atoms with Crippen molar-refractivity contribution in [3.8, 4) is 5.75 Å². The highest BCUT2D eigenvalue weighted by molar-refractivity contribution is 6.74. The lowest BCUT2D eigenvalue weighted by Gasteiger charge is -2.40. The van der Waals surface area contributed by atoms with Crippen LogP contribution in [0.2, 0.25) is 36.3 Å². The van der Waals surface area contributed by atoms with Gasteiger partial charge in [-0.15, -0.1) is 0 Å². The van der Waals surface area contributed by atoms with Crippen molar-refractivity contribution in [3.63, 3.8) is 0 Å². The first-order valence-corrected chi connectivity index (χ1v) is 20.4. The van der Waals surface area contributed by atoms with Crippen LogP contribution >= 0.6 is 0 Å². The van der Waals surface area contributed by atoms with Gasteiger partial charge in [0, 0.05) is 18.3 Å². The number of fused-ring (bicyclic) bond motifs is 1. The van der Waals surface area contributed by atoms with Gasteiger partial charge in [0.2, 0.25) is 0 Å². The van der Waals surface area contributed by atoms with Crippen LogP contribution in [0.25, 0.3) is 0 Å². The van der Waals surface area contributed by atoms with E-state index in [-0.39, 0.29) is 64.7 Å². The lowest BCUT2D eigenvalue weighted by Crippen LogP contribution is -2.48. The summed E-state index contributed by atoms with van der Waals surface area (Å²) in [5.41, 5.74) is -0.758. The summed E-state index contributed by atoms with van der Waals surface area (Å²) < 4.78 is 71.6. The number of alkyl halides is 3. The number of esters is 1. The minimum atomic E-state index is -4.46. The zero-order valence-electron chi connectivity index (χ0n) is 26.1. The van der Waals surface area contributed by atoms with Gasteiger partial charge in [-0.25, -0.2) is 0 Å². The summed E-state index contributed by atoms with van der Waals surface area (Å²) in [5.74, 6) is -0.0829. The van der Waals surface area contributed by atoms with Gasteiger partial charge in [0.25, 0.3) is 0 Å². The zero-order valence-corrected chi connectivity index (χ0v) is 28.1. The van der Waals surface area contributed by atoms with Crippen LogP contribution in [-0.2, 0) is 29.3 Å². The molecule has 0 bridgehead atoms. The minimum absolute atomic E-state index is 0.00479. The highest BCUT2D eigenvalue weighted by Gasteiger charge is 2.63. The molecule has 0 spiro atoms. The third-order valence-electron chi connectivity index (χ3n) is 9.94. The summed E-state index contributed by atoms with van der Waals surface area (Å²) in [6.45, 7) is 21.8.